The molecule has 2 heterocycles. The summed E-state index contributed by atoms with van der Waals surface area (Å²) < 4.78 is 52.0. The Bertz CT molecular complexity index is 977. The van der Waals surface area contributed by atoms with E-state index in [2.05, 4.69) is 5.32 Å². The molecule has 2 aromatic rings. The van der Waals surface area contributed by atoms with Gasteiger partial charge in [0.05, 0.1) is 18.4 Å². The highest BCUT2D eigenvalue weighted by molar-refractivity contribution is 5.95. The van der Waals surface area contributed by atoms with Gasteiger partial charge in [-0.15, -0.1) is 0 Å². The average Bonchev–Trinajstić information content (AvgIpc) is 3.15. The van der Waals surface area contributed by atoms with E-state index in [0.29, 0.717) is 18.5 Å². The predicted octanol–water partition coefficient (Wildman–Crippen LogP) is 3.87. The molecule has 1 N–H and O–H groups in total. The Morgan fingerprint density at radius 2 is 1.71 bits per heavy atom. The van der Waals surface area contributed by atoms with E-state index in [0.717, 1.165) is 25.0 Å². The zero-order valence-corrected chi connectivity index (χ0v) is 16.5. The molecule has 0 spiro atoms. The lowest BCUT2D eigenvalue weighted by Crippen LogP contribution is -2.56. The first-order valence-electron chi connectivity index (χ1n) is 10.0. The van der Waals surface area contributed by atoms with Crippen LogP contribution in [0.4, 0.5) is 17.6 Å². The molecular formula is C22H21F4N3O2. The summed E-state index contributed by atoms with van der Waals surface area (Å²) in [5.74, 6) is -1.24. The monoisotopic (exact) mass is 435 g/mol. The molecule has 4 rings (SSSR count). The van der Waals surface area contributed by atoms with E-state index in [9.17, 15) is 27.2 Å². The highest BCUT2D eigenvalue weighted by Gasteiger charge is 2.39. The van der Waals surface area contributed by atoms with Crippen LogP contribution in [-0.2, 0) is 6.18 Å². The van der Waals surface area contributed by atoms with Crippen LogP contribution in [0.2, 0.25) is 0 Å². The van der Waals surface area contributed by atoms with Crippen LogP contribution in [0.5, 0.6) is 0 Å². The Morgan fingerprint density at radius 1 is 0.968 bits per heavy atom. The molecule has 0 saturated carbocycles. The summed E-state index contributed by atoms with van der Waals surface area (Å²) in [4.78, 5) is 29.0. The molecule has 0 unspecified atom stereocenters. The van der Waals surface area contributed by atoms with Crippen molar-refractivity contribution in [1.29, 1.82) is 0 Å². The Kier molecular flexibility index (Phi) is 5.70. The van der Waals surface area contributed by atoms with Crippen LogP contribution < -0.4 is 5.32 Å². The Labute approximate surface area is 176 Å². The van der Waals surface area contributed by atoms with Crippen molar-refractivity contribution in [3.63, 3.8) is 0 Å². The van der Waals surface area contributed by atoms with Crippen molar-refractivity contribution in [2.75, 3.05) is 13.2 Å². The standard InChI is InChI=1S/C22H21F4N3O2/c23-17-6-4-14(5-7-17)21(31)28-11-10-18-8-9-19(29(18)13-28)27-20(30)15-2-1-3-16(12-15)22(24,25)26/h1-7,12,18-19H,8-11,13H2,(H,27,30)/t18-,19-/m0/s1. The molecule has 2 aliphatic heterocycles. The zero-order chi connectivity index (χ0) is 22.2. The van der Waals surface area contributed by atoms with Crippen molar-refractivity contribution in [2.24, 2.45) is 0 Å². The van der Waals surface area contributed by atoms with Gasteiger partial charge in [0.15, 0.2) is 0 Å². The summed E-state index contributed by atoms with van der Waals surface area (Å²) in [6, 6.07) is 9.82. The molecule has 2 fully saturated rings. The number of rotatable bonds is 3. The first kappa shape index (κ1) is 21.3. The van der Waals surface area contributed by atoms with E-state index < -0.39 is 23.5 Å². The Balaban J connectivity index is 1.44. The minimum atomic E-state index is -4.52. The number of nitrogens with zero attached hydrogens (tertiary/aromatic N) is 2. The van der Waals surface area contributed by atoms with Gasteiger partial charge in [-0.1, -0.05) is 6.07 Å². The van der Waals surface area contributed by atoms with Crippen molar-refractivity contribution >= 4 is 11.8 Å². The van der Waals surface area contributed by atoms with Crippen LogP contribution in [0.3, 0.4) is 0 Å². The summed E-state index contributed by atoms with van der Waals surface area (Å²) in [7, 11) is 0. The fraction of sp³-hybridized carbons (Fsp3) is 0.364. The van der Waals surface area contributed by atoms with Crippen LogP contribution >= 0.6 is 0 Å². The molecule has 0 aromatic heterocycles. The molecule has 0 bridgehead atoms. The number of amides is 2. The summed E-state index contributed by atoms with van der Waals surface area (Å²) >= 11 is 0. The third-order valence-corrected chi connectivity index (χ3v) is 5.84. The van der Waals surface area contributed by atoms with Gasteiger partial charge < -0.3 is 10.2 Å². The maximum atomic E-state index is 13.1. The van der Waals surface area contributed by atoms with Crippen LogP contribution in [0.15, 0.2) is 48.5 Å². The fourth-order valence-electron chi connectivity index (χ4n) is 4.20. The van der Waals surface area contributed by atoms with E-state index in [1.54, 1.807) is 4.90 Å². The number of fused-ring (bicyclic) bond motifs is 1. The lowest BCUT2D eigenvalue weighted by Gasteiger charge is -2.40. The number of benzene rings is 2. The quantitative estimate of drug-likeness (QED) is 0.745. The second-order valence-electron chi connectivity index (χ2n) is 7.82. The van der Waals surface area contributed by atoms with E-state index in [4.69, 9.17) is 0 Å². The van der Waals surface area contributed by atoms with Gasteiger partial charge in [-0.3, -0.25) is 14.5 Å². The molecule has 2 saturated heterocycles. The van der Waals surface area contributed by atoms with E-state index in [1.165, 1.54) is 36.4 Å². The number of hydrogen-bond donors (Lipinski definition) is 1. The largest absolute Gasteiger partial charge is 0.416 e. The van der Waals surface area contributed by atoms with Crippen molar-refractivity contribution in [3.8, 4) is 0 Å². The van der Waals surface area contributed by atoms with E-state index in [1.807, 2.05) is 4.90 Å². The number of nitrogens with one attached hydrogen (secondary N) is 1. The number of alkyl halides is 3. The second kappa shape index (κ2) is 8.30. The van der Waals surface area contributed by atoms with Crippen LogP contribution in [-0.4, -0.2) is 47.0 Å². The zero-order valence-electron chi connectivity index (χ0n) is 16.5. The van der Waals surface area contributed by atoms with Crippen LogP contribution in [0.1, 0.15) is 45.5 Å². The fourth-order valence-corrected chi connectivity index (χ4v) is 4.20. The number of halogens is 4. The highest BCUT2D eigenvalue weighted by atomic mass is 19.4. The third kappa shape index (κ3) is 4.56. The third-order valence-electron chi connectivity index (χ3n) is 5.84. The smallest absolute Gasteiger partial charge is 0.336 e. The lowest BCUT2D eigenvalue weighted by atomic mass is 10.1. The summed E-state index contributed by atoms with van der Waals surface area (Å²) in [5, 5.41) is 2.81. The molecule has 0 radical (unpaired) electrons. The molecule has 164 valence electrons. The van der Waals surface area contributed by atoms with Crippen LogP contribution in [0, 0.1) is 5.82 Å². The molecular weight excluding hydrogens is 414 g/mol. The van der Waals surface area contributed by atoms with Gasteiger partial charge in [-0.05, 0) is 61.7 Å². The second-order valence-corrected chi connectivity index (χ2v) is 7.82. The maximum Gasteiger partial charge on any atom is 0.416 e. The van der Waals surface area contributed by atoms with E-state index >= 15 is 0 Å². The van der Waals surface area contributed by atoms with Gasteiger partial charge in [0.1, 0.15) is 5.82 Å². The number of carbonyl (C=O) groups excluding carboxylic acids is 2. The van der Waals surface area contributed by atoms with E-state index in [-0.39, 0.29) is 30.3 Å². The van der Waals surface area contributed by atoms with Crippen molar-refractivity contribution in [3.05, 3.63) is 71.0 Å². The average molecular weight is 435 g/mol. The van der Waals surface area contributed by atoms with Crippen LogP contribution in [0.25, 0.3) is 0 Å². The predicted molar refractivity (Wildman–Crippen MR) is 104 cm³/mol. The molecule has 2 aliphatic rings. The molecule has 2 amide bonds. The maximum absolute atomic E-state index is 13.1. The summed E-state index contributed by atoms with van der Waals surface area (Å²) in [6.45, 7) is 0.833. The topological polar surface area (TPSA) is 52.7 Å². The molecule has 31 heavy (non-hydrogen) atoms. The first-order chi connectivity index (χ1) is 14.7. The van der Waals surface area contributed by atoms with Gasteiger partial charge in [0, 0.05) is 23.7 Å². The SMILES string of the molecule is O=C(N[C@@H]1CC[C@H]2CCN(C(=O)c3ccc(F)cc3)CN21)c1cccc(C(F)(F)F)c1. The molecule has 2 aromatic carbocycles. The van der Waals surface area contributed by atoms with Gasteiger partial charge >= 0.3 is 6.18 Å². The minimum Gasteiger partial charge on any atom is -0.336 e. The molecule has 5 nitrogen and oxygen atoms in total. The van der Waals surface area contributed by atoms with Gasteiger partial charge in [-0.2, -0.15) is 13.2 Å². The Hall–Kier alpha value is -2.94. The van der Waals surface area contributed by atoms with Gasteiger partial charge in [0.25, 0.3) is 11.8 Å². The van der Waals surface area contributed by atoms with Gasteiger partial charge in [-0.25, -0.2) is 4.39 Å². The summed E-state index contributed by atoms with van der Waals surface area (Å²) in [6.07, 6.45) is -2.71. The Morgan fingerprint density at radius 3 is 2.42 bits per heavy atom. The van der Waals surface area contributed by atoms with Gasteiger partial charge in [0.2, 0.25) is 0 Å². The number of hydrogen-bond acceptors (Lipinski definition) is 3. The lowest BCUT2D eigenvalue weighted by molar-refractivity contribution is -0.137. The van der Waals surface area contributed by atoms with Crippen molar-refractivity contribution < 1.29 is 27.2 Å². The normalized spacial score (nSPS) is 21.6. The minimum absolute atomic E-state index is 0.0606. The molecule has 0 aliphatic carbocycles. The first-order valence-corrected chi connectivity index (χ1v) is 10.0. The summed E-state index contributed by atoms with van der Waals surface area (Å²) in [5.41, 5.74) is -0.559. The number of carbonyl (C=O) groups is 2. The van der Waals surface area contributed by atoms with Crippen molar-refractivity contribution in [1.82, 2.24) is 15.1 Å². The van der Waals surface area contributed by atoms with Crippen molar-refractivity contribution in [2.45, 2.75) is 37.6 Å². The molecule has 9 heteroatoms. The molecule has 2 atom stereocenters. The highest BCUT2D eigenvalue weighted by Crippen LogP contribution is 2.31.